The van der Waals surface area contributed by atoms with E-state index in [0.717, 1.165) is 26.2 Å². The molecule has 0 aromatic carbocycles. The van der Waals surface area contributed by atoms with E-state index in [1.54, 1.807) is 0 Å². The van der Waals surface area contributed by atoms with Crippen molar-refractivity contribution in [3.05, 3.63) is 0 Å². The average Bonchev–Trinajstić information content (AvgIpc) is 1.77. The third-order valence-corrected chi connectivity index (χ3v) is 2.59. The maximum atomic E-state index is 3.40. The molecule has 1 fully saturated rings. The smallest absolute Gasteiger partial charge is 0.0230 e. The first-order valence-electron chi connectivity index (χ1n) is 2.60. The van der Waals surface area contributed by atoms with Crippen molar-refractivity contribution in [1.29, 1.82) is 0 Å². The van der Waals surface area contributed by atoms with Gasteiger partial charge >= 0.3 is 0 Å². The Morgan fingerprint density at radius 2 is 1.00 bits per heavy atom. The normalized spacial score (nSPS) is 26.2. The molecule has 0 amide bonds. The number of rotatable bonds is 0. The third kappa shape index (κ3) is 2.01. The van der Waals surface area contributed by atoms with Crippen LogP contribution >= 0.6 is 32.3 Å². The third-order valence-electron chi connectivity index (χ3n) is 1.17. The number of halogens is 2. The second-order valence-corrected chi connectivity index (χ2v) is 3.83. The first kappa shape index (κ1) is 6.99. The van der Waals surface area contributed by atoms with E-state index in [1.165, 1.54) is 0 Å². The maximum absolute atomic E-state index is 3.40. The molecule has 0 aromatic heterocycles. The molecular weight excluding hydrogens is 236 g/mol. The molecule has 8 heavy (non-hydrogen) atoms. The van der Waals surface area contributed by atoms with Gasteiger partial charge in [0, 0.05) is 58.5 Å². The molecule has 1 heterocycles. The molecule has 48 valence electrons. The van der Waals surface area contributed by atoms with E-state index in [9.17, 15) is 0 Å². The lowest BCUT2D eigenvalue weighted by atomic mass is 10.4. The van der Waals surface area contributed by atoms with E-state index < -0.39 is 0 Å². The molecule has 0 atom stereocenters. The van der Waals surface area contributed by atoms with E-state index in [2.05, 4.69) is 40.1 Å². The van der Waals surface area contributed by atoms with Gasteiger partial charge < -0.3 is 0 Å². The maximum Gasteiger partial charge on any atom is 0.0230 e. The zero-order valence-corrected chi connectivity index (χ0v) is 7.65. The van der Waals surface area contributed by atoms with Crippen molar-refractivity contribution in [3.63, 3.8) is 0 Å². The minimum Gasteiger partial charge on any atom is -0.240 e. The van der Waals surface area contributed by atoms with Crippen LogP contribution in [0.5, 0.6) is 0 Å². The van der Waals surface area contributed by atoms with Crippen LogP contribution in [0.4, 0.5) is 0 Å². The SMILES string of the molecule is BrN1CCN(Br)CC1. The summed E-state index contributed by atoms with van der Waals surface area (Å²) in [5, 5.41) is 0. The Balaban J connectivity index is 2.19. The highest BCUT2D eigenvalue weighted by Gasteiger charge is 2.10. The Labute approximate surface area is 66.5 Å². The fourth-order valence-corrected chi connectivity index (χ4v) is 1.29. The molecule has 0 bridgehead atoms. The molecule has 0 aromatic rings. The van der Waals surface area contributed by atoms with Gasteiger partial charge in [-0.25, -0.2) is 7.85 Å². The standard InChI is InChI=1S/C4H8Br2N2/c5-7-1-2-8(6)4-3-7/h1-4H2. The molecular formula is C4H8Br2N2. The second-order valence-electron chi connectivity index (χ2n) is 1.82. The molecule has 0 radical (unpaired) electrons. The number of nitrogens with zero attached hydrogens (tertiary/aromatic N) is 2. The molecule has 0 unspecified atom stereocenters. The fraction of sp³-hybridized carbons (Fsp3) is 1.00. The van der Waals surface area contributed by atoms with Crippen LogP contribution in [0.1, 0.15) is 0 Å². The second kappa shape index (κ2) is 3.15. The van der Waals surface area contributed by atoms with E-state index in [-0.39, 0.29) is 0 Å². The van der Waals surface area contributed by atoms with Crippen molar-refractivity contribution in [1.82, 2.24) is 7.85 Å². The summed E-state index contributed by atoms with van der Waals surface area (Å²) in [5.41, 5.74) is 0. The van der Waals surface area contributed by atoms with Gasteiger partial charge in [0.2, 0.25) is 0 Å². The highest BCUT2D eigenvalue weighted by atomic mass is 79.9. The Morgan fingerprint density at radius 3 is 1.25 bits per heavy atom. The molecule has 1 aliphatic rings. The van der Waals surface area contributed by atoms with Crippen LogP contribution in [0.25, 0.3) is 0 Å². The first-order chi connectivity index (χ1) is 3.79. The summed E-state index contributed by atoms with van der Waals surface area (Å²) < 4.78 is 4.29. The van der Waals surface area contributed by atoms with Gasteiger partial charge in [-0.3, -0.25) is 0 Å². The highest BCUT2D eigenvalue weighted by Crippen LogP contribution is 2.07. The lowest BCUT2D eigenvalue weighted by molar-refractivity contribution is 0.325. The molecule has 0 spiro atoms. The topological polar surface area (TPSA) is 6.48 Å². The first-order valence-corrected chi connectivity index (χ1v) is 4.02. The number of piperazine rings is 1. The van der Waals surface area contributed by atoms with E-state index in [0.29, 0.717) is 0 Å². The summed E-state index contributed by atoms with van der Waals surface area (Å²) in [5.74, 6) is 0. The van der Waals surface area contributed by atoms with Gasteiger partial charge in [0.1, 0.15) is 0 Å². The lowest BCUT2D eigenvalue weighted by Crippen LogP contribution is -2.36. The van der Waals surface area contributed by atoms with Crippen molar-refractivity contribution >= 4 is 32.3 Å². The van der Waals surface area contributed by atoms with Crippen LogP contribution in [0, 0.1) is 0 Å². The van der Waals surface area contributed by atoms with Gasteiger partial charge in [-0.05, 0) is 0 Å². The van der Waals surface area contributed by atoms with Crippen molar-refractivity contribution in [2.75, 3.05) is 26.2 Å². The Hall–Kier alpha value is 0.880. The van der Waals surface area contributed by atoms with Crippen molar-refractivity contribution in [2.45, 2.75) is 0 Å². The van der Waals surface area contributed by atoms with Gasteiger partial charge in [0.15, 0.2) is 0 Å². The largest absolute Gasteiger partial charge is 0.240 e. The number of hydrogen-bond acceptors (Lipinski definition) is 2. The monoisotopic (exact) mass is 242 g/mol. The zero-order valence-electron chi connectivity index (χ0n) is 4.48. The Kier molecular flexibility index (Phi) is 2.75. The Morgan fingerprint density at radius 1 is 0.750 bits per heavy atom. The summed E-state index contributed by atoms with van der Waals surface area (Å²) in [6.45, 7) is 4.41. The van der Waals surface area contributed by atoms with Gasteiger partial charge in [-0.1, -0.05) is 0 Å². The quantitative estimate of drug-likeness (QED) is 0.591. The van der Waals surface area contributed by atoms with Crippen LogP contribution in [0.2, 0.25) is 0 Å². The van der Waals surface area contributed by atoms with Crippen LogP contribution in [0.3, 0.4) is 0 Å². The molecule has 0 aliphatic carbocycles. The van der Waals surface area contributed by atoms with Crippen molar-refractivity contribution < 1.29 is 0 Å². The van der Waals surface area contributed by atoms with Crippen molar-refractivity contribution in [3.8, 4) is 0 Å². The minimum atomic E-state index is 1.10. The molecule has 1 saturated heterocycles. The van der Waals surface area contributed by atoms with Crippen LogP contribution in [0.15, 0.2) is 0 Å². The summed E-state index contributed by atoms with van der Waals surface area (Å²) >= 11 is 6.80. The van der Waals surface area contributed by atoms with E-state index in [1.807, 2.05) is 0 Å². The van der Waals surface area contributed by atoms with Crippen molar-refractivity contribution in [2.24, 2.45) is 0 Å². The Bertz CT molecular complexity index is 60.4. The summed E-state index contributed by atoms with van der Waals surface area (Å²) in [6, 6.07) is 0. The fourth-order valence-electron chi connectivity index (χ4n) is 0.658. The zero-order chi connectivity index (χ0) is 5.98. The molecule has 1 aliphatic heterocycles. The highest BCUT2D eigenvalue weighted by molar-refractivity contribution is 9.07. The van der Waals surface area contributed by atoms with Gasteiger partial charge in [0.25, 0.3) is 0 Å². The average molecular weight is 244 g/mol. The van der Waals surface area contributed by atoms with Crippen LogP contribution < -0.4 is 0 Å². The molecule has 0 N–H and O–H groups in total. The predicted octanol–water partition coefficient (Wildman–Crippen LogP) is 1.22. The van der Waals surface area contributed by atoms with E-state index >= 15 is 0 Å². The summed E-state index contributed by atoms with van der Waals surface area (Å²) in [6.07, 6.45) is 0. The van der Waals surface area contributed by atoms with Gasteiger partial charge in [-0.15, -0.1) is 0 Å². The van der Waals surface area contributed by atoms with Crippen LogP contribution in [-0.2, 0) is 0 Å². The van der Waals surface area contributed by atoms with Gasteiger partial charge in [0.05, 0.1) is 0 Å². The predicted molar refractivity (Wildman–Crippen MR) is 41.0 cm³/mol. The molecule has 4 heteroatoms. The lowest BCUT2D eigenvalue weighted by Gasteiger charge is -2.25. The van der Waals surface area contributed by atoms with Gasteiger partial charge in [-0.2, -0.15) is 0 Å². The molecule has 2 nitrogen and oxygen atoms in total. The van der Waals surface area contributed by atoms with Crippen LogP contribution in [-0.4, -0.2) is 34.0 Å². The molecule has 1 rings (SSSR count). The van der Waals surface area contributed by atoms with E-state index in [4.69, 9.17) is 0 Å². The summed E-state index contributed by atoms with van der Waals surface area (Å²) in [7, 11) is 0. The summed E-state index contributed by atoms with van der Waals surface area (Å²) in [4.78, 5) is 0. The molecule has 0 saturated carbocycles. The number of hydrogen-bond donors (Lipinski definition) is 0. The minimum absolute atomic E-state index is 1.10.